The van der Waals surface area contributed by atoms with Gasteiger partial charge in [0.15, 0.2) is 0 Å². The maximum atomic E-state index is 13.6. The zero-order chi connectivity index (χ0) is 13.5. The standard InChI is InChI=1S/C13H9BrF2N2/c14-11-3-4-13(16)12(5-11)10(6-15)2-1-9(7-17)8-18/h1,3-5,10H,2,6H2. The number of nitrogens with zero attached hydrogens (tertiary/aromatic N) is 2. The minimum atomic E-state index is -0.756. The number of rotatable bonds is 4. The second-order valence-corrected chi connectivity index (χ2v) is 4.51. The van der Waals surface area contributed by atoms with Gasteiger partial charge in [-0.25, -0.2) is 4.39 Å². The highest BCUT2D eigenvalue weighted by Crippen LogP contribution is 2.27. The Labute approximate surface area is 112 Å². The molecular weight excluding hydrogens is 302 g/mol. The van der Waals surface area contributed by atoms with Gasteiger partial charge in [0.05, 0.1) is 6.67 Å². The van der Waals surface area contributed by atoms with E-state index in [1.54, 1.807) is 12.1 Å². The van der Waals surface area contributed by atoms with Crippen molar-refractivity contribution in [2.45, 2.75) is 12.3 Å². The van der Waals surface area contributed by atoms with Crippen LogP contribution in [0.15, 0.2) is 34.3 Å². The minimum absolute atomic E-state index is 0.0937. The van der Waals surface area contributed by atoms with Gasteiger partial charge in [0, 0.05) is 10.4 Å². The van der Waals surface area contributed by atoms with E-state index >= 15 is 0 Å². The molecule has 0 saturated carbocycles. The van der Waals surface area contributed by atoms with Crippen LogP contribution in [-0.2, 0) is 0 Å². The maximum absolute atomic E-state index is 13.6. The molecule has 0 spiro atoms. The SMILES string of the molecule is N#CC(C#N)=CCC(CF)c1cc(Br)ccc1F. The van der Waals surface area contributed by atoms with Crippen LogP contribution in [-0.4, -0.2) is 6.67 Å². The van der Waals surface area contributed by atoms with Crippen LogP contribution in [0.25, 0.3) is 0 Å². The first-order valence-corrected chi connectivity index (χ1v) is 5.93. The van der Waals surface area contributed by atoms with Crippen molar-refractivity contribution >= 4 is 15.9 Å². The molecule has 0 aromatic heterocycles. The van der Waals surface area contributed by atoms with E-state index in [4.69, 9.17) is 10.5 Å². The fourth-order valence-electron chi connectivity index (χ4n) is 1.48. The Bertz CT molecular complexity index is 525. The van der Waals surface area contributed by atoms with Crippen molar-refractivity contribution in [2.75, 3.05) is 6.67 Å². The predicted octanol–water partition coefficient (Wildman–Crippen LogP) is 4.00. The van der Waals surface area contributed by atoms with Gasteiger partial charge in [-0.1, -0.05) is 22.0 Å². The smallest absolute Gasteiger partial charge is 0.126 e. The lowest BCUT2D eigenvalue weighted by molar-refractivity contribution is 0.421. The van der Waals surface area contributed by atoms with Crippen molar-refractivity contribution < 1.29 is 8.78 Å². The monoisotopic (exact) mass is 310 g/mol. The first kappa shape index (κ1) is 14.3. The molecule has 0 saturated heterocycles. The number of benzene rings is 1. The highest BCUT2D eigenvalue weighted by Gasteiger charge is 2.15. The first-order chi connectivity index (χ1) is 8.62. The van der Waals surface area contributed by atoms with Gasteiger partial charge in [-0.15, -0.1) is 0 Å². The van der Waals surface area contributed by atoms with E-state index in [-0.39, 0.29) is 17.6 Å². The summed E-state index contributed by atoms with van der Waals surface area (Å²) in [6, 6.07) is 7.65. The summed E-state index contributed by atoms with van der Waals surface area (Å²) in [7, 11) is 0. The molecule has 0 aliphatic heterocycles. The molecule has 0 heterocycles. The van der Waals surface area contributed by atoms with E-state index in [1.165, 1.54) is 24.3 Å². The van der Waals surface area contributed by atoms with Crippen LogP contribution in [0.4, 0.5) is 8.78 Å². The van der Waals surface area contributed by atoms with Gasteiger partial charge < -0.3 is 0 Å². The summed E-state index contributed by atoms with van der Waals surface area (Å²) in [6.45, 7) is -0.756. The van der Waals surface area contributed by atoms with E-state index in [9.17, 15) is 8.78 Å². The molecule has 0 aliphatic rings. The predicted molar refractivity (Wildman–Crippen MR) is 66.7 cm³/mol. The number of nitriles is 2. The van der Waals surface area contributed by atoms with Crippen LogP contribution in [0.1, 0.15) is 17.9 Å². The average molecular weight is 311 g/mol. The summed E-state index contributed by atoms with van der Waals surface area (Å²) < 4.78 is 27.1. The van der Waals surface area contributed by atoms with Crippen LogP contribution in [0, 0.1) is 28.5 Å². The molecule has 1 rings (SSSR count). The van der Waals surface area contributed by atoms with Crippen LogP contribution in [0.5, 0.6) is 0 Å². The summed E-state index contributed by atoms with van der Waals surface area (Å²) in [5, 5.41) is 17.1. The van der Waals surface area contributed by atoms with E-state index in [1.807, 2.05) is 0 Å². The van der Waals surface area contributed by atoms with E-state index in [0.29, 0.717) is 4.47 Å². The van der Waals surface area contributed by atoms with Gasteiger partial charge in [0.25, 0.3) is 0 Å². The largest absolute Gasteiger partial charge is 0.250 e. The lowest BCUT2D eigenvalue weighted by Crippen LogP contribution is -2.03. The Kier molecular flexibility index (Phi) is 5.48. The summed E-state index contributed by atoms with van der Waals surface area (Å²) >= 11 is 3.19. The van der Waals surface area contributed by atoms with Crippen molar-refractivity contribution in [3.63, 3.8) is 0 Å². The lowest BCUT2D eigenvalue weighted by Gasteiger charge is -2.12. The molecule has 18 heavy (non-hydrogen) atoms. The Morgan fingerprint density at radius 2 is 2.06 bits per heavy atom. The Balaban J connectivity index is 2.98. The third-order valence-electron chi connectivity index (χ3n) is 2.43. The number of allylic oxidation sites excluding steroid dienone is 2. The molecule has 92 valence electrons. The van der Waals surface area contributed by atoms with Gasteiger partial charge in [-0.2, -0.15) is 10.5 Å². The molecule has 2 nitrogen and oxygen atoms in total. The topological polar surface area (TPSA) is 47.6 Å². The lowest BCUT2D eigenvalue weighted by atomic mass is 9.95. The van der Waals surface area contributed by atoms with Crippen molar-refractivity contribution in [1.29, 1.82) is 10.5 Å². The quantitative estimate of drug-likeness (QED) is 0.789. The zero-order valence-electron chi connectivity index (χ0n) is 9.33. The van der Waals surface area contributed by atoms with Gasteiger partial charge in [-0.3, -0.25) is 4.39 Å². The van der Waals surface area contributed by atoms with Crippen LogP contribution < -0.4 is 0 Å². The molecule has 1 atom stereocenters. The third-order valence-corrected chi connectivity index (χ3v) is 2.92. The number of alkyl halides is 1. The Hall–Kier alpha value is -1.72. The van der Waals surface area contributed by atoms with Crippen molar-refractivity contribution in [3.8, 4) is 12.1 Å². The fourth-order valence-corrected chi connectivity index (χ4v) is 1.86. The summed E-state index contributed by atoms with van der Waals surface area (Å²) in [6.07, 6.45) is 1.44. The summed E-state index contributed by atoms with van der Waals surface area (Å²) in [4.78, 5) is 0. The fraction of sp³-hybridized carbons (Fsp3) is 0.231. The van der Waals surface area contributed by atoms with Gasteiger partial charge >= 0.3 is 0 Å². The molecule has 5 heteroatoms. The molecule has 0 bridgehead atoms. The minimum Gasteiger partial charge on any atom is -0.250 e. The van der Waals surface area contributed by atoms with Crippen LogP contribution >= 0.6 is 15.9 Å². The van der Waals surface area contributed by atoms with Crippen molar-refractivity contribution in [2.24, 2.45) is 0 Å². The summed E-state index contributed by atoms with van der Waals surface area (Å²) in [5.74, 6) is -1.19. The normalized spacial score (nSPS) is 11.2. The Morgan fingerprint density at radius 3 is 2.61 bits per heavy atom. The highest BCUT2D eigenvalue weighted by atomic mass is 79.9. The van der Waals surface area contributed by atoms with Crippen LogP contribution in [0.2, 0.25) is 0 Å². The van der Waals surface area contributed by atoms with E-state index < -0.39 is 18.4 Å². The van der Waals surface area contributed by atoms with Gasteiger partial charge in [0.2, 0.25) is 0 Å². The van der Waals surface area contributed by atoms with Crippen molar-refractivity contribution in [3.05, 3.63) is 45.7 Å². The second-order valence-electron chi connectivity index (χ2n) is 3.59. The van der Waals surface area contributed by atoms with Gasteiger partial charge in [-0.05, 0) is 30.2 Å². The first-order valence-electron chi connectivity index (χ1n) is 5.13. The molecule has 1 unspecified atom stereocenters. The summed E-state index contributed by atoms with van der Waals surface area (Å²) in [5.41, 5.74) is 0.141. The van der Waals surface area contributed by atoms with Crippen LogP contribution in [0.3, 0.4) is 0 Å². The molecule has 0 amide bonds. The number of hydrogen-bond acceptors (Lipinski definition) is 2. The molecular formula is C13H9BrF2N2. The second kappa shape index (κ2) is 6.88. The molecule has 0 fully saturated rings. The molecule has 0 aliphatic carbocycles. The number of hydrogen-bond donors (Lipinski definition) is 0. The molecule has 1 aromatic rings. The molecule has 1 aromatic carbocycles. The van der Waals surface area contributed by atoms with E-state index in [0.717, 1.165) is 0 Å². The number of halogens is 3. The van der Waals surface area contributed by atoms with Gasteiger partial charge in [0.1, 0.15) is 23.5 Å². The molecule has 0 radical (unpaired) electrons. The third kappa shape index (κ3) is 3.65. The maximum Gasteiger partial charge on any atom is 0.126 e. The van der Waals surface area contributed by atoms with Crippen molar-refractivity contribution in [1.82, 2.24) is 0 Å². The average Bonchev–Trinajstić information content (AvgIpc) is 2.38. The van der Waals surface area contributed by atoms with E-state index in [2.05, 4.69) is 15.9 Å². The zero-order valence-corrected chi connectivity index (χ0v) is 10.9. The molecule has 0 N–H and O–H groups in total. The Morgan fingerprint density at radius 1 is 1.39 bits per heavy atom. The highest BCUT2D eigenvalue weighted by molar-refractivity contribution is 9.10.